The molecular formula is C17H19ClFNO. The van der Waals surface area contributed by atoms with Gasteiger partial charge in [-0.3, -0.25) is 0 Å². The van der Waals surface area contributed by atoms with Crippen LogP contribution in [0, 0.1) is 12.7 Å². The molecule has 0 fully saturated rings. The van der Waals surface area contributed by atoms with E-state index in [2.05, 4.69) is 0 Å². The van der Waals surface area contributed by atoms with Crippen molar-refractivity contribution in [2.24, 2.45) is 5.73 Å². The highest BCUT2D eigenvalue weighted by Crippen LogP contribution is 2.23. The normalized spacial score (nSPS) is 12.2. The first kappa shape index (κ1) is 15.8. The van der Waals surface area contributed by atoms with Gasteiger partial charge in [0.15, 0.2) is 11.6 Å². The molecule has 0 radical (unpaired) electrons. The standard InChI is InChI=1S/C17H19ClFNO/c1-11-3-5-14(15(18)7-11)10-21-17-6-4-13(8-12(2)20)9-16(17)19/h3-7,9,12H,8,10,20H2,1-2H3. The van der Waals surface area contributed by atoms with Crippen molar-refractivity contribution in [3.05, 3.63) is 63.9 Å². The molecule has 0 spiro atoms. The Kier molecular flexibility index (Phi) is 5.21. The van der Waals surface area contributed by atoms with Crippen molar-refractivity contribution >= 4 is 11.6 Å². The monoisotopic (exact) mass is 307 g/mol. The Morgan fingerprint density at radius 3 is 2.62 bits per heavy atom. The predicted octanol–water partition coefficient (Wildman–Crippen LogP) is 4.26. The highest BCUT2D eigenvalue weighted by molar-refractivity contribution is 6.31. The van der Waals surface area contributed by atoms with Crippen molar-refractivity contribution in [3.8, 4) is 5.75 Å². The molecule has 1 unspecified atom stereocenters. The molecule has 0 aliphatic carbocycles. The number of hydrogen-bond donors (Lipinski definition) is 1. The topological polar surface area (TPSA) is 35.2 Å². The molecule has 0 bridgehead atoms. The summed E-state index contributed by atoms with van der Waals surface area (Å²) in [7, 11) is 0. The maximum Gasteiger partial charge on any atom is 0.165 e. The fourth-order valence-electron chi connectivity index (χ4n) is 2.09. The number of halogens is 2. The van der Waals surface area contributed by atoms with Gasteiger partial charge in [-0.25, -0.2) is 4.39 Å². The van der Waals surface area contributed by atoms with Gasteiger partial charge in [-0.1, -0.05) is 29.8 Å². The van der Waals surface area contributed by atoms with Crippen molar-refractivity contribution < 1.29 is 9.13 Å². The molecule has 0 amide bonds. The van der Waals surface area contributed by atoms with Gasteiger partial charge in [-0.05, 0) is 49.6 Å². The van der Waals surface area contributed by atoms with Crippen molar-refractivity contribution in [3.63, 3.8) is 0 Å². The lowest BCUT2D eigenvalue weighted by molar-refractivity contribution is 0.290. The van der Waals surface area contributed by atoms with E-state index in [1.165, 1.54) is 6.07 Å². The summed E-state index contributed by atoms with van der Waals surface area (Å²) in [5.41, 5.74) is 8.49. The molecule has 1 atom stereocenters. The summed E-state index contributed by atoms with van der Waals surface area (Å²) in [5, 5.41) is 0.629. The molecule has 2 aromatic rings. The Morgan fingerprint density at radius 2 is 2.00 bits per heavy atom. The molecule has 0 aliphatic rings. The highest BCUT2D eigenvalue weighted by atomic mass is 35.5. The van der Waals surface area contributed by atoms with Crippen LogP contribution in [-0.4, -0.2) is 6.04 Å². The van der Waals surface area contributed by atoms with Crippen molar-refractivity contribution in [1.82, 2.24) is 0 Å². The summed E-state index contributed by atoms with van der Waals surface area (Å²) in [6.45, 7) is 4.09. The van der Waals surface area contributed by atoms with Crippen LogP contribution in [-0.2, 0) is 13.0 Å². The number of rotatable bonds is 5. The molecule has 0 aliphatic heterocycles. The molecule has 21 heavy (non-hydrogen) atoms. The van der Waals surface area contributed by atoms with E-state index in [4.69, 9.17) is 22.1 Å². The summed E-state index contributed by atoms with van der Waals surface area (Å²) >= 11 is 6.13. The molecule has 112 valence electrons. The predicted molar refractivity (Wildman–Crippen MR) is 84.3 cm³/mol. The largest absolute Gasteiger partial charge is 0.486 e. The van der Waals surface area contributed by atoms with Gasteiger partial charge in [0.25, 0.3) is 0 Å². The van der Waals surface area contributed by atoms with Gasteiger partial charge in [0, 0.05) is 16.6 Å². The first-order chi connectivity index (χ1) is 9.95. The van der Waals surface area contributed by atoms with Crippen LogP contribution in [0.4, 0.5) is 4.39 Å². The molecule has 4 heteroatoms. The first-order valence-electron chi connectivity index (χ1n) is 6.87. The Bertz CT molecular complexity index is 628. The molecule has 0 saturated carbocycles. The van der Waals surface area contributed by atoms with E-state index in [9.17, 15) is 4.39 Å². The minimum absolute atomic E-state index is 0.00235. The number of nitrogens with two attached hydrogens (primary N) is 1. The fourth-order valence-corrected chi connectivity index (χ4v) is 2.37. The van der Waals surface area contributed by atoms with Gasteiger partial charge in [0.05, 0.1) is 0 Å². The van der Waals surface area contributed by atoms with Crippen LogP contribution in [0.5, 0.6) is 5.75 Å². The fraction of sp³-hybridized carbons (Fsp3) is 0.294. The van der Waals surface area contributed by atoms with E-state index < -0.39 is 0 Å². The Hall–Kier alpha value is -1.58. The van der Waals surface area contributed by atoms with Crippen LogP contribution in [0.3, 0.4) is 0 Å². The number of hydrogen-bond acceptors (Lipinski definition) is 2. The Balaban J connectivity index is 2.06. The smallest absolute Gasteiger partial charge is 0.165 e. The molecule has 2 nitrogen and oxygen atoms in total. The maximum absolute atomic E-state index is 14.0. The zero-order chi connectivity index (χ0) is 15.4. The lowest BCUT2D eigenvalue weighted by atomic mass is 10.1. The molecule has 0 aromatic heterocycles. The van der Waals surface area contributed by atoms with E-state index in [-0.39, 0.29) is 24.2 Å². The maximum atomic E-state index is 14.0. The third kappa shape index (κ3) is 4.45. The van der Waals surface area contributed by atoms with E-state index in [1.54, 1.807) is 6.07 Å². The number of ether oxygens (including phenoxy) is 1. The van der Waals surface area contributed by atoms with Gasteiger partial charge in [0.1, 0.15) is 6.61 Å². The minimum atomic E-state index is -0.378. The zero-order valence-corrected chi connectivity index (χ0v) is 13.0. The zero-order valence-electron chi connectivity index (χ0n) is 12.2. The van der Waals surface area contributed by atoms with E-state index >= 15 is 0 Å². The van der Waals surface area contributed by atoms with Crippen LogP contribution >= 0.6 is 11.6 Å². The third-order valence-corrected chi connectivity index (χ3v) is 3.50. The SMILES string of the molecule is Cc1ccc(COc2ccc(CC(C)N)cc2F)c(Cl)c1. The number of aryl methyl sites for hydroxylation is 1. The number of benzene rings is 2. The Morgan fingerprint density at radius 1 is 1.24 bits per heavy atom. The van der Waals surface area contributed by atoms with Crippen LogP contribution in [0.25, 0.3) is 0 Å². The molecule has 2 rings (SSSR count). The van der Waals surface area contributed by atoms with E-state index in [0.29, 0.717) is 11.4 Å². The lowest BCUT2D eigenvalue weighted by Gasteiger charge is -2.11. The first-order valence-corrected chi connectivity index (χ1v) is 7.25. The molecule has 2 N–H and O–H groups in total. The second-order valence-electron chi connectivity index (χ2n) is 5.33. The van der Waals surface area contributed by atoms with Crippen molar-refractivity contribution in [2.45, 2.75) is 32.9 Å². The molecule has 0 heterocycles. The average Bonchev–Trinajstić information content (AvgIpc) is 2.39. The quantitative estimate of drug-likeness (QED) is 0.896. The third-order valence-electron chi connectivity index (χ3n) is 3.15. The van der Waals surface area contributed by atoms with Crippen LogP contribution < -0.4 is 10.5 Å². The molecular weight excluding hydrogens is 289 g/mol. The summed E-state index contributed by atoms with van der Waals surface area (Å²) in [6, 6.07) is 10.6. The van der Waals surface area contributed by atoms with Crippen molar-refractivity contribution in [1.29, 1.82) is 0 Å². The average molecular weight is 308 g/mol. The van der Waals surface area contributed by atoms with Crippen LogP contribution in [0.15, 0.2) is 36.4 Å². The second kappa shape index (κ2) is 6.92. The molecule has 2 aromatic carbocycles. The molecule has 0 saturated heterocycles. The van der Waals surface area contributed by atoms with Gasteiger partial charge < -0.3 is 10.5 Å². The Labute approximate surface area is 129 Å². The lowest BCUT2D eigenvalue weighted by Crippen LogP contribution is -2.17. The van der Waals surface area contributed by atoms with Crippen LogP contribution in [0.2, 0.25) is 5.02 Å². The summed E-state index contributed by atoms with van der Waals surface area (Å²) in [6.07, 6.45) is 0.640. The van der Waals surface area contributed by atoms with Gasteiger partial charge >= 0.3 is 0 Å². The van der Waals surface area contributed by atoms with E-state index in [0.717, 1.165) is 16.7 Å². The van der Waals surface area contributed by atoms with Gasteiger partial charge in [-0.2, -0.15) is 0 Å². The van der Waals surface area contributed by atoms with E-state index in [1.807, 2.05) is 38.1 Å². The van der Waals surface area contributed by atoms with Crippen LogP contribution in [0.1, 0.15) is 23.6 Å². The highest BCUT2D eigenvalue weighted by Gasteiger charge is 2.08. The van der Waals surface area contributed by atoms with Gasteiger partial charge in [0.2, 0.25) is 0 Å². The summed E-state index contributed by atoms with van der Waals surface area (Å²) < 4.78 is 19.5. The summed E-state index contributed by atoms with van der Waals surface area (Å²) in [5.74, 6) is -0.156. The summed E-state index contributed by atoms with van der Waals surface area (Å²) in [4.78, 5) is 0. The van der Waals surface area contributed by atoms with Crippen molar-refractivity contribution in [2.75, 3.05) is 0 Å². The minimum Gasteiger partial charge on any atom is -0.486 e. The second-order valence-corrected chi connectivity index (χ2v) is 5.74. The van der Waals surface area contributed by atoms with Gasteiger partial charge in [-0.15, -0.1) is 0 Å².